The Balaban J connectivity index is 1.96. The van der Waals surface area contributed by atoms with Gasteiger partial charge in [0.1, 0.15) is 0 Å². The van der Waals surface area contributed by atoms with Gasteiger partial charge in [-0.05, 0) is 44.7 Å². The average Bonchev–Trinajstić information content (AvgIpc) is 1.85. The van der Waals surface area contributed by atoms with Crippen molar-refractivity contribution >= 4 is 0 Å². The largest absolute Gasteiger partial charge is 0.306 e. The molecule has 2 fully saturated rings. The summed E-state index contributed by atoms with van der Waals surface area (Å²) in [6, 6.07) is 0. The smallest absolute Gasteiger partial charge is 0.00349 e. The highest BCUT2D eigenvalue weighted by Crippen LogP contribution is 2.46. The van der Waals surface area contributed by atoms with Crippen molar-refractivity contribution in [2.24, 2.45) is 5.41 Å². The molecule has 1 aliphatic carbocycles. The molecular formula is C9H17N. The summed E-state index contributed by atoms with van der Waals surface area (Å²) in [5.74, 6) is 0. The maximum absolute atomic E-state index is 2.50. The van der Waals surface area contributed by atoms with Crippen LogP contribution in [0.4, 0.5) is 0 Å². The second-order valence-electron chi connectivity index (χ2n) is 4.19. The highest BCUT2D eigenvalue weighted by molar-refractivity contribution is 4.92. The predicted molar refractivity (Wildman–Crippen MR) is 43.0 cm³/mol. The fourth-order valence-electron chi connectivity index (χ4n) is 2.54. The second kappa shape index (κ2) is 2.23. The number of piperidine rings is 1. The predicted octanol–water partition coefficient (Wildman–Crippen LogP) is 1.88. The van der Waals surface area contributed by atoms with Crippen molar-refractivity contribution in [2.45, 2.75) is 32.1 Å². The molecule has 1 saturated carbocycles. The fourth-order valence-corrected chi connectivity index (χ4v) is 2.54. The van der Waals surface area contributed by atoms with E-state index >= 15 is 0 Å². The third kappa shape index (κ3) is 0.968. The zero-order valence-electron chi connectivity index (χ0n) is 6.90. The van der Waals surface area contributed by atoms with E-state index < -0.39 is 0 Å². The molecule has 0 amide bonds. The van der Waals surface area contributed by atoms with Gasteiger partial charge in [-0.3, -0.25) is 0 Å². The topological polar surface area (TPSA) is 3.24 Å². The average molecular weight is 139 g/mol. The van der Waals surface area contributed by atoms with Gasteiger partial charge < -0.3 is 4.90 Å². The molecule has 0 N–H and O–H groups in total. The summed E-state index contributed by atoms with van der Waals surface area (Å²) >= 11 is 0. The third-order valence-electron chi connectivity index (χ3n) is 3.27. The Kier molecular flexibility index (Phi) is 1.48. The van der Waals surface area contributed by atoms with E-state index in [0.717, 1.165) is 5.41 Å². The molecule has 0 aromatic rings. The maximum Gasteiger partial charge on any atom is 0.00349 e. The summed E-state index contributed by atoms with van der Waals surface area (Å²) in [6.07, 6.45) is 7.47. The molecule has 58 valence electrons. The summed E-state index contributed by atoms with van der Waals surface area (Å²) in [5, 5.41) is 0. The Labute approximate surface area is 63.4 Å². The molecule has 0 aromatic heterocycles. The fraction of sp³-hybridized carbons (Fsp3) is 1.00. The highest BCUT2D eigenvalue weighted by Gasteiger charge is 2.39. The van der Waals surface area contributed by atoms with Gasteiger partial charge in [-0.2, -0.15) is 0 Å². The van der Waals surface area contributed by atoms with Crippen molar-refractivity contribution in [3.63, 3.8) is 0 Å². The zero-order chi connectivity index (χ0) is 7.03. The van der Waals surface area contributed by atoms with Crippen molar-refractivity contribution in [1.82, 2.24) is 4.90 Å². The SMILES string of the molecule is CN1CCCC2(CCC2)C1. The van der Waals surface area contributed by atoms with Gasteiger partial charge in [0, 0.05) is 6.54 Å². The summed E-state index contributed by atoms with van der Waals surface area (Å²) in [7, 11) is 2.26. The normalized spacial score (nSPS) is 32.1. The zero-order valence-corrected chi connectivity index (χ0v) is 6.90. The lowest BCUT2D eigenvalue weighted by Crippen LogP contribution is -2.45. The summed E-state index contributed by atoms with van der Waals surface area (Å²) in [6.45, 7) is 2.72. The van der Waals surface area contributed by atoms with Crippen LogP contribution in [0.5, 0.6) is 0 Å². The molecule has 1 aliphatic heterocycles. The van der Waals surface area contributed by atoms with Crippen LogP contribution in [0.15, 0.2) is 0 Å². The number of likely N-dealkylation sites (tertiary alicyclic amines) is 1. The van der Waals surface area contributed by atoms with Crippen LogP contribution in [-0.2, 0) is 0 Å². The lowest BCUT2D eigenvalue weighted by Gasteiger charge is -2.48. The molecule has 1 heteroatoms. The number of hydrogen-bond acceptors (Lipinski definition) is 1. The first-order chi connectivity index (χ1) is 4.81. The minimum absolute atomic E-state index is 0.799. The van der Waals surface area contributed by atoms with Crippen molar-refractivity contribution in [1.29, 1.82) is 0 Å². The van der Waals surface area contributed by atoms with Gasteiger partial charge in [0.05, 0.1) is 0 Å². The highest BCUT2D eigenvalue weighted by atomic mass is 15.1. The first-order valence-corrected chi connectivity index (χ1v) is 4.49. The van der Waals surface area contributed by atoms with E-state index in [0.29, 0.717) is 0 Å². The molecule has 1 nitrogen and oxygen atoms in total. The van der Waals surface area contributed by atoms with Crippen molar-refractivity contribution in [3.8, 4) is 0 Å². The van der Waals surface area contributed by atoms with E-state index in [1.165, 1.54) is 45.2 Å². The van der Waals surface area contributed by atoms with Crippen LogP contribution in [0.25, 0.3) is 0 Å². The van der Waals surface area contributed by atoms with E-state index in [2.05, 4.69) is 11.9 Å². The van der Waals surface area contributed by atoms with E-state index in [9.17, 15) is 0 Å². The monoisotopic (exact) mass is 139 g/mol. The lowest BCUT2D eigenvalue weighted by molar-refractivity contribution is 0.0327. The van der Waals surface area contributed by atoms with Crippen LogP contribution in [0.1, 0.15) is 32.1 Å². The second-order valence-corrected chi connectivity index (χ2v) is 4.19. The molecule has 2 aliphatic rings. The van der Waals surface area contributed by atoms with Gasteiger partial charge in [-0.15, -0.1) is 0 Å². The molecule has 0 atom stereocenters. The Morgan fingerprint density at radius 1 is 1.10 bits per heavy atom. The van der Waals surface area contributed by atoms with Crippen LogP contribution in [-0.4, -0.2) is 25.0 Å². The van der Waals surface area contributed by atoms with Crippen LogP contribution in [0, 0.1) is 5.41 Å². The molecule has 2 rings (SSSR count). The summed E-state index contributed by atoms with van der Waals surface area (Å²) < 4.78 is 0. The Morgan fingerprint density at radius 3 is 2.20 bits per heavy atom. The quantitative estimate of drug-likeness (QED) is 0.495. The van der Waals surface area contributed by atoms with Gasteiger partial charge in [-0.25, -0.2) is 0 Å². The molecule has 0 unspecified atom stereocenters. The van der Waals surface area contributed by atoms with E-state index in [1.807, 2.05) is 0 Å². The molecule has 1 saturated heterocycles. The molecular weight excluding hydrogens is 122 g/mol. The Morgan fingerprint density at radius 2 is 1.80 bits per heavy atom. The molecule has 1 spiro atoms. The first kappa shape index (κ1) is 6.66. The molecule has 1 heterocycles. The summed E-state index contributed by atoms with van der Waals surface area (Å²) in [4.78, 5) is 2.50. The molecule has 10 heavy (non-hydrogen) atoms. The minimum Gasteiger partial charge on any atom is -0.306 e. The number of rotatable bonds is 0. The number of nitrogens with zero attached hydrogens (tertiary/aromatic N) is 1. The number of hydrogen-bond donors (Lipinski definition) is 0. The van der Waals surface area contributed by atoms with E-state index in [-0.39, 0.29) is 0 Å². The standard InChI is InChI=1S/C9H17N/c1-10-7-3-6-9(8-10)4-2-5-9/h2-8H2,1H3. The van der Waals surface area contributed by atoms with Crippen LogP contribution in [0.2, 0.25) is 0 Å². The minimum atomic E-state index is 0.799. The third-order valence-corrected chi connectivity index (χ3v) is 3.27. The van der Waals surface area contributed by atoms with E-state index in [1.54, 1.807) is 0 Å². The van der Waals surface area contributed by atoms with Crippen LogP contribution >= 0.6 is 0 Å². The Hall–Kier alpha value is -0.0400. The van der Waals surface area contributed by atoms with Crippen molar-refractivity contribution in [3.05, 3.63) is 0 Å². The van der Waals surface area contributed by atoms with Crippen LogP contribution < -0.4 is 0 Å². The van der Waals surface area contributed by atoms with Gasteiger partial charge in [0.25, 0.3) is 0 Å². The summed E-state index contributed by atoms with van der Waals surface area (Å²) in [5.41, 5.74) is 0.799. The van der Waals surface area contributed by atoms with Crippen LogP contribution in [0.3, 0.4) is 0 Å². The van der Waals surface area contributed by atoms with Crippen molar-refractivity contribution in [2.75, 3.05) is 20.1 Å². The molecule has 0 radical (unpaired) electrons. The molecule has 0 bridgehead atoms. The first-order valence-electron chi connectivity index (χ1n) is 4.49. The van der Waals surface area contributed by atoms with Gasteiger partial charge in [0.15, 0.2) is 0 Å². The van der Waals surface area contributed by atoms with E-state index in [4.69, 9.17) is 0 Å². The van der Waals surface area contributed by atoms with Crippen molar-refractivity contribution < 1.29 is 0 Å². The van der Waals surface area contributed by atoms with Gasteiger partial charge in [-0.1, -0.05) is 6.42 Å². The lowest BCUT2D eigenvalue weighted by atomic mass is 9.64. The van der Waals surface area contributed by atoms with Gasteiger partial charge >= 0.3 is 0 Å². The maximum atomic E-state index is 2.50. The Bertz CT molecular complexity index is 127. The van der Waals surface area contributed by atoms with Gasteiger partial charge in [0.2, 0.25) is 0 Å². The molecule has 0 aromatic carbocycles.